The highest BCUT2D eigenvalue weighted by atomic mass is 127. The fraction of sp³-hybridized carbons (Fsp3) is 1.00. The molecule has 0 aromatic rings. The normalized spacial score (nSPS) is 16.0. The lowest BCUT2D eigenvalue weighted by Crippen LogP contribution is -2.67. The van der Waals surface area contributed by atoms with Crippen molar-refractivity contribution in [3.05, 3.63) is 0 Å². The molecule has 0 heterocycles. The maximum Gasteiger partial charge on any atom is 0.384 e. The van der Waals surface area contributed by atoms with Crippen molar-refractivity contribution >= 4 is 22.6 Å². The van der Waals surface area contributed by atoms with Gasteiger partial charge in [-0.15, -0.1) is 0 Å². The standard InChI is InChI=1S/C7H5F10I/c1-3(8,9)5(12,13)7(16,17)6(14,15)4(10,11)2-18/h2H2,1H3. The maximum atomic E-state index is 12.7. The first-order chi connectivity index (χ1) is 7.56. The van der Waals surface area contributed by atoms with Gasteiger partial charge < -0.3 is 0 Å². The van der Waals surface area contributed by atoms with Crippen LogP contribution in [0, 0.1) is 0 Å². The Balaban J connectivity index is 5.80. The summed E-state index contributed by atoms with van der Waals surface area (Å²) in [4.78, 5) is 0. The number of halogens is 11. The van der Waals surface area contributed by atoms with E-state index in [4.69, 9.17) is 0 Å². The summed E-state index contributed by atoms with van der Waals surface area (Å²) >= 11 is 0.549. The molecule has 0 nitrogen and oxygen atoms in total. The van der Waals surface area contributed by atoms with Gasteiger partial charge in [0.1, 0.15) is 0 Å². The summed E-state index contributed by atoms with van der Waals surface area (Å²) in [5.74, 6) is -31.3. The molecule has 0 N–H and O–H groups in total. The van der Waals surface area contributed by atoms with E-state index in [0.29, 0.717) is 22.6 Å². The summed E-state index contributed by atoms with van der Waals surface area (Å²) in [5, 5.41) is 0. The Kier molecular flexibility index (Phi) is 4.55. The lowest BCUT2D eigenvalue weighted by Gasteiger charge is -2.38. The zero-order valence-electron chi connectivity index (χ0n) is 8.36. The third kappa shape index (κ3) is 2.38. The van der Waals surface area contributed by atoms with Crippen molar-refractivity contribution in [2.24, 2.45) is 0 Å². The van der Waals surface area contributed by atoms with Gasteiger partial charge >= 0.3 is 29.6 Å². The van der Waals surface area contributed by atoms with Gasteiger partial charge in [-0.05, 0) is 0 Å². The Morgan fingerprint density at radius 1 is 0.667 bits per heavy atom. The first kappa shape index (κ1) is 18.0. The van der Waals surface area contributed by atoms with Gasteiger partial charge in [0.15, 0.2) is 0 Å². The summed E-state index contributed by atoms with van der Waals surface area (Å²) in [6.07, 6.45) is 0. The van der Waals surface area contributed by atoms with Crippen LogP contribution in [0.1, 0.15) is 6.92 Å². The van der Waals surface area contributed by atoms with E-state index in [1.165, 1.54) is 0 Å². The van der Waals surface area contributed by atoms with Crippen molar-refractivity contribution in [3.8, 4) is 0 Å². The third-order valence-corrected chi connectivity index (χ3v) is 2.93. The zero-order chi connectivity index (χ0) is 15.2. The molecule has 0 unspecified atom stereocenters. The Bertz CT molecular complexity index is 304. The highest BCUT2D eigenvalue weighted by molar-refractivity contribution is 14.1. The third-order valence-electron chi connectivity index (χ3n) is 1.97. The molecule has 18 heavy (non-hydrogen) atoms. The van der Waals surface area contributed by atoms with Gasteiger partial charge in [-0.25, -0.2) is 0 Å². The van der Waals surface area contributed by atoms with Gasteiger partial charge in [-0.1, -0.05) is 22.6 Å². The minimum absolute atomic E-state index is 0.549. The van der Waals surface area contributed by atoms with E-state index in [0.717, 1.165) is 0 Å². The maximum absolute atomic E-state index is 12.7. The van der Waals surface area contributed by atoms with E-state index in [9.17, 15) is 43.9 Å². The van der Waals surface area contributed by atoms with E-state index in [-0.39, 0.29) is 0 Å². The molecule has 0 aromatic heterocycles. The molecule has 0 atom stereocenters. The largest absolute Gasteiger partial charge is 0.384 e. The molecule has 0 saturated heterocycles. The molecule has 0 aliphatic heterocycles. The fourth-order valence-electron chi connectivity index (χ4n) is 0.786. The van der Waals surface area contributed by atoms with E-state index in [1.54, 1.807) is 0 Å². The van der Waals surface area contributed by atoms with Crippen LogP contribution < -0.4 is 0 Å². The summed E-state index contributed by atoms with van der Waals surface area (Å²) in [6, 6.07) is 0. The number of hydrogen-bond acceptors (Lipinski definition) is 0. The van der Waals surface area contributed by atoms with Gasteiger partial charge in [0.05, 0.1) is 4.43 Å². The van der Waals surface area contributed by atoms with Crippen LogP contribution in [-0.2, 0) is 0 Å². The summed E-state index contributed by atoms with van der Waals surface area (Å²) in [5.41, 5.74) is 0. The van der Waals surface area contributed by atoms with Crippen molar-refractivity contribution in [2.75, 3.05) is 4.43 Å². The number of rotatable bonds is 5. The average Bonchev–Trinajstić information content (AvgIpc) is 2.15. The Labute approximate surface area is 108 Å². The van der Waals surface area contributed by atoms with Crippen molar-refractivity contribution in [1.82, 2.24) is 0 Å². The molecule has 0 rings (SSSR count). The van der Waals surface area contributed by atoms with Crippen LogP contribution in [0.4, 0.5) is 43.9 Å². The topological polar surface area (TPSA) is 0 Å². The molecular formula is C7H5F10I. The van der Waals surface area contributed by atoms with Gasteiger partial charge in [-0.3, -0.25) is 0 Å². The highest BCUT2D eigenvalue weighted by Gasteiger charge is 2.84. The quantitative estimate of drug-likeness (QED) is 0.355. The smallest absolute Gasteiger partial charge is 0.200 e. The first-order valence-electron chi connectivity index (χ1n) is 4.01. The molecule has 0 saturated carbocycles. The fourth-order valence-corrected chi connectivity index (χ4v) is 1.27. The molecule has 0 aliphatic rings. The second-order valence-corrected chi connectivity index (χ2v) is 4.21. The van der Waals surface area contributed by atoms with Crippen LogP contribution in [0.25, 0.3) is 0 Å². The van der Waals surface area contributed by atoms with E-state index in [2.05, 4.69) is 0 Å². The lowest BCUT2D eigenvalue weighted by molar-refractivity contribution is -0.394. The zero-order valence-corrected chi connectivity index (χ0v) is 10.5. The number of hydrogen-bond donors (Lipinski definition) is 0. The molecule has 0 aliphatic carbocycles. The van der Waals surface area contributed by atoms with Crippen molar-refractivity contribution in [1.29, 1.82) is 0 Å². The molecule has 11 heteroatoms. The second kappa shape index (κ2) is 4.54. The van der Waals surface area contributed by atoms with Crippen LogP contribution in [-0.4, -0.2) is 34.0 Å². The monoisotopic (exact) mass is 406 g/mol. The SMILES string of the molecule is CC(F)(F)C(F)(F)C(F)(F)C(F)(F)C(F)(F)CI. The molecule has 0 amide bonds. The highest BCUT2D eigenvalue weighted by Crippen LogP contribution is 2.56. The van der Waals surface area contributed by atoms with Crippen molar-refractivity contribution in [3.63, 3.8) is 0 Å². The predicted molar refractivity (Wildman–Crippen MR) is 49.3 cm³/mol. The van der Waals surface area contributed by atoms with Crippen LogP contribution in [0.15, 0.2) is 0 Å². The summed E-state index contributed by atoms with van der Waals surface area (Å²) in [6.45, 7) is -0.765. The molecule has 0 fully saturated rings. The average molecular weight is 406 g/mol. The summed E-state index contributed by atoms with van der Waals surface area (Å²) < 4.78 is 123. The Morgan fingerprint density at radius 3 is 1.22 bits per heavy atom. The minimum atomic E-state index is -6.91. The minimum Gasteiger partial charge on any atom is -0.200 e. The Hall–Kier alpha value is 0.0300. The van der Waals surface area contributed by atoms with Gasteiger partial charge in [0.25, 0.3) is 0 Å². The van der Waals surface area contributed by atoms with Crippen molar-refractivity contribution in [2.45, 2.75) is 36.5 Å². The van der Waals surface area contributed by atoms with Gasteiger partial charge in [-0.2, -0.15) is 43.9 Å². The number of alkyl halides is 11. The predicted octanol–water partition coefficient (Wildman–Crippen LogP) is 4.62. The van der Waals surface area contributed by atoms with Crippen molar-refractivity contribution < 1.29 is 43.9 Å². The van der Waals surface area contributed by atoms with Crippen LogP contribution >= 0.6 is 22.6 Å². The molecule has 0 bridgehead atoms. The molecular weight excluding hydrogens is 401 g/mol. The molecule has 110 valence electrons. The van der Waals surface area contributed by atoms with Gasteiger partial charge in [0, 0.05) is 6.92 Å². The molecule has 0 radical (unpaired) electrons. The molecule has 0 spiro atoms. The van der Waals surface area contributed by atoms with E-state index < -0.39 is 41.0 Å². The van der Waals surface area contributed by atoms with Crippen LogP contribution in [0.2, 0.25) is 0 Å². The summed E-state index contributed by atoms with van der Waals surface area (Å²) in [7, 11) is 0. The lowest BCUT2D eigenvalue weighted by atomic mass is 9.96. The van der Waals surface area contributed by atoms with E-state index >= 15 is 0 Å². The second-order valence-electron chi connectivity index (χ2n) is 3.45. The first-order valence-corrected chi connectivity index (χ1v) is 5.54. The van der Waals surface area contributed by atoms with Crippen LogP contribution in [0.3, 0.4) is 0 Å². The van der Waals surface area contributed by atoms with Gasteiger partial charge in [0.2, 0.25) is 0 Å². The molecule has 0 aromatic carbocycles. The van der Waals surface area contributed by atoms with E-state index in [1.807, 2.05) is 0 Å². The Morgan fingerprint density at radius 2 is 1.00 bits per heavy atom. The van der Waals surface area contributed by atoms with Crippen LogP contribution in [0.5, 0.6) is 0 Å².